The van der Waals surface area contributed by atoms with E-state index < -0.39 is 0 Å². The van der Waals surface area contributed by atoms with E-state index in [0.717, 1.165) is 42.1 Å². The molecule has 0 unspecified atom stereocenters. The zero-order chi connectivity index (χ0) is 14.2. The Hall–Kier alpha value is -1.71. The molecule has 0 saturated heterocycles. The summed E-state index contributed by atoms with van der Waals surface area (Å²) in [5, 5.41) is 3.22. The summed E-state index contributed by atoms with van der Waals surface area (Å²) in [6.45, 7) is 0.941. The Labute approximate surface area is 124 Å². The highest BCUT2D eigenvalue weighted by Gasteiger charge is 2.27. The van der Waals surface area contributed by atoms with Crippen molar-refractivity contribution in [2.24, 2.45) is 5.92 Å². The van der Waals surface area contributed by atoms with E-state index >= 15 is 0 Å². The van der Waals surface area contributed by atoms with Gasteiger partial charge in [0.25, 0.3) is 5.91 Å². The molecule has 112 valence electrons. The van der Waals surface area contributed by atoms with Crippen molar-refractivity contribution in [2.45, 2.75) is 57.5 Å². The Morgan fingerprint density at radius 3 is 2.81 bits per heavy atom. The van der Waals surface area contributed by atoms with Gasteiger partial charge in [0, 0.05) is 24.7 Å². The van der Waals surface area contributed by atoms with Gasteiger partial charge in [-0.05, 0) is 31.6 Å². The molecule has 2 fully saturated rings. The first-order chi connectivity index (χ1) is 10.3. The van der Waals surface area contributed by atoms with E-state index in [1.807, 2.05) is 12.1 Å². The number of carbonyl (C=O) groups excluding carboxylic acids is 1. The molecule has 1 amide bonds. The van der Waals surface area contributed by atoms with Gasteiger partial charge < -0.3 is 14.3 Å². The van der Waals surface area contributed by atoms with Crippen LogP contribution >= 0.6 is 0 Å². The van der Waals surface area contributed by atoms with Crippen LogP contribution in [0.4, 0.5) is 0 Å². The molecule has 2 aromatic heterocycles. The van der Waals surface area contributed by atoms with Crippen molar-refractivity contribution in [3.63, 3.8) is 0 Å². The van der Waals surface area contributed by atoms with Crippen molar-refractivity contribution in [2.75, 3.05) is 0 Å². The first kappa shape index (κ1) is 13.0. The SMILES string of the molecule is O=C(NC1CCCCC1)c1cc2occc2n1CC1CC1. The van der Waals surface area contributed by atoms with Gasteiger partial charge in [-0.15, -0.1) is 0 Å². The third-order valence-electron chi connectivity index (χ3n) is 4.83. The monoisotopic (exact) mass is 286 g/mol. The normalized spacial score (nSPS) is 20.0. The molecule has 0 bridgehead atoms. The topological polar surface area (TPSA) is 47.2 Å². The molecular formula is C17H22N2O2. The predicted octanol–water partition coefficient (Wildman–Crippen LogP) is 3.71. The van der Waals surface area contributed by atoms with E-state index in [-0.39, 0.29) is 5.91 Å². The minimum absolute atomic E-state index is 0.0638. The molecule has 0 spiro atoms. The van der Waals surface area contributed by atoms with E-state index in [2.05, 4.69) is 9.88 Å². The number of rotatable bonds is 4. The van der Waals surface area contributed by atoms with Crippen molar-refractivity contribution in [3.05, 3.63) is 24.1 Å². The molecule has 21 heavy (non-hydrogen) atoms. The fraction of sp³-hybridized carbons (Fsp3) is 0.588. The molecule has 2 aliphatic rings. The molecule has 4 rings (SSSR count). The quantitative estimate of drug-likeness (QED) is 0.931. The van der Waals surface area contributed by atoms with Crippen LogP contribution in [-0.2, 0) is 6.54 Å². The smallest absolute Gasteiger partial charge is 0.268 e. The van der Waals surface area contributed by atoms with Crippen LogP contribution in [0.3, 0.4) is 0 Å². The lowest BCUT2D eigenvalue weighted by atomic mass is 9.95. The maximum atomic E-state index is 12.6. The highest BCUT2D eigenvalue weighted by Crippen LogP contribution is 2.33. The Morgan fingerprint density at radius 1 is 1.24 bits per heavy atom. The summed E-state index contributed by atoms with van der Waals surface area (Å²) < 4.78 is 7.63. The summed E-state index contributed by atoms with van der Waals surface area (Å²) in [4.78, 5) is 12.6. The fourth-order valence-electron chi connectivity index (χ4n) is 3.43. The van der Waals surface area contributed by atoms with Gasteiger partial charge in [-0.1, -0.05) is 19.3 Å². The van der Waals surface area contributed by atoms with Crippen molar-refractivity contribution in [3.8, 4) is 0 Å². The number of fused-ring (bicyclic) bond motifs is 1. The molecule has 2 aromatic rings. The molecule has 2 saturated carbocycles. The average Bonchev–Trinajstić information content (AvgIpc) is 3.07. The van der Waals surface area contributed by atoms with Crippen molar-refractivity contribution in [1.82, 2.24) is 9.88 Å². The van der Waals surface area contributed by atoms with Gasteiger partial charge in [-0.25, -0.2) is 0 Å². The number of furan rings is 1. The van der Waals surface area contributed by atoms with Crippen LogP contribution in [0.1, 0.15) is 55.4 Å². The van der Waals surface area contributed by atoms with Gasteiger partial charge in [-0.3, -0.25) is 4.79 Å². The zero-order valence-corrected chi connectivity index (χ0v) is 12.3. The van der Waals surface area contributed by atoms with Crippen LogP contribution in [0.15, 0.2) is 22.8 Å². The first-order valence-electron chi connectivity index (χ1n) is 8.19. The average molecular weight is 286 g/mol. The molecule has 2 aliphatic carbocycles. The number of amides is 1. The van der Waals surface area contributed by atoms with E-state index in [0.29, 0.717) is 6.04 Å². The first-order valence-corrected chi connectivity index (χ1v) is 8.19. The standard InChI is InChI=1S/C17H22N2O2/c20-17(18-13-4-2-1-3-5-13)15-10-16-14(8-9-21-16)19(15)11-12-6-7-12/h8-10,12-13H,1-7,11H2,(H,18,20). The lowest BCUT2D eigenvalue weighted by molar-refractivity contribution is 0.0918. The summed E-state index contributed by atoms with van der Waals surface area (Å²) in [5.74, 6) is 0.797. The molecule has 0 aromatic carbocycles. The van der Waals surface area contributed by atoms with Crippen LogP contribution in [0.2, 0.25) is 0 Å². The van der Waals surface area contributed by atoms with Gasteiger partial charge in [0.1, 0.15) is 5.69 Å². The summed E-state index contributed by atoms with van der Waals surface area (Å²) in [7, 11) is 0. The Kier molecular flexibility index (Phi) is 3.24. The zero-order valence-electron chi connectivity index (χ0n) is 12.3. The van der Waals surface area contributed by atoms with Crippen LogP contribution in [0, 0.1) is 5.92 Å². The number of nitrogens with zero attached hydrogens (tertiary/aromatic N) is 1. The summed E-state index contributed by atoms with van der Waals surface area (Å²) >= 11 is 0. The Morgan fingerprint density at radius 2 is 2.05 bits per heavy atom. The van der Waals surface area contributed by atoms with Crippen molar-refractivity contribution in [1.29, 1.82) is 0 Å². The molecule has 0 radical (unpaired) electrons. The largest absolute Gasteiger partial charge is 0.463 e. The number of carbonyl (C=O) groups is 1. The Bertz CT molecular complexity index is 645. The molecule has 2 heterocycles. The van der Waals surface area contributed by atoms with E-state index in [4.69, 9.17) is 4.42 Å². The third kappa shape index (κ3) is 2.59. The minimum atomic E-state index is 0.0638. The number of nitrogens with one attached hydrogen (secondary N) is 1. The van der Waals surface area contributed by atoms with Gasteiger partial charge in [-0.2, -0.15) is 0 Å². The second kappa shape index (κ2) is 5.24. The van der Waals surface area contributed by atoms with Gasteiger partial charge in [0.2, 0.25) is 0 Å². The molecular weight excluding hydrogens is 264 g/mol. The molecule has 0 atom stereocenters. The van der Waals surface area contributed by atoms with Crippen LogP contribution in [0.25, 0.3) is 11.1 Å². The number of hydrogen-bond donors (Lipinski definition) is 1. The van der Waals surface area contributed by atoms with Gasteiger partial charge >= 0.3 is 0 Å². The highest BCUT2D eigenvalue weighted by molar-refractivity contribution is 5.97. The summed E-state index contributed by atoms with van der Waals surface area (Å²) in [6, 6.07) is 4.21. The van der Waals surface area contributed by atoms with E-state index in [9.17, 15) is 4.79 Å². The Balaban J connectivity index is 1.58. The van der Waals surface area contributed by atoms with Crippen molar-refractivity contribution < 1.29 is 9.21 Å². The minimum Gasteiger partial charge on any atom is -0.463 e. The lowest BCUT2D eigenvalue weighted by Crippen LogP contribution is -2.37. The molecule has 0 aliphatic heterocycles. The molecule has 1 N–H and O–H groups in total. The van der Waals surface area contributed by atoms with E-state index in [1.165, 1.54) is 32.1 Å². The van der Waals surface area contributed by atoms with Crippen LogP contribution in [-0.4, -0.2) is 16.5 Å². The second-order valence-electron chi connectivity index (χ2n) is 6.56. The molecule has 4 nitrogen and oxygen atoms in total. The summed E-state index contributed by atoms with van der Waals surface area (Å²) in [5.41, 5.74) is 2.64. The maximum Gasteiger partial charge on any atom is 0.268 e. The fourth-order valence-corrected chi connectivity index (χ4v) is 3.43. The van der Waals surface area contributed by atoms with Crippen molar-refractivity contribution >= 4 is 17.0 Å². The highest BCUT2D eigenvalue weighted by atomic mass is 16.3. The maximum absolute atomic E-state index is 12.6. The number of aromatic nitrogens is 1. The molecule has 4 heteroatoms. The second-order valence-corrected chi connectivity index (χ2v) is 6.56. The summed E-state index contributed by atoms with van der Waals surface area (Å²) in [6.07, 6.45) is 10.3. The lowest BCUT2D eigenvalue weighted by Gasteiger charge is -2.23. The van der Waals surface area contributed by atoms with Gasteiger partial charge in [0.15, 0.2) is 5.58 Å². The van der Waals surface area contributed by atoms with E-state index in [1.54, 1.807) is 6.26 Å². The van der Waals surface area contributed by atoms with Crippen LogP contribution < -0.4 is 5.32 Å². The van der Waals surface area contributed by atoms with Crippen LogP contribution in [0.5, 0.6) is 0 Å². The predicted molar refractivity (Wildman–Crippen MR) is 81.3 cm³/mol. The number of hydrogen-bond acceptors (Lipinski definition) is 2. The van der Waals surface area contributed by atoms with Gasteiger partial charge in [0.05, 0.1) is 11.8 Å². The third-order valence-corrected chi connectivity index (χ3v) is 4.83.